The van der Waals surface area contributed by atoms with Crippen molar-refractivity contribution in [1.29, 1.82) is 5.26 Å². The maximum Gasteiger partial charge on any atom is 0.266 e. The van der Waals surface area contributed by atoms with Gasteiger partial charge < -0.3 is 10.4 Å². The zero-order valence-corrected chi connectivity index (χ0v) is 11.5. The fraction of sp³-hybridized carbons (Fsp3) is 0.125. The molecule has 2 aromatic carbocycles. The van der Waals surface area contributed by atoms with Gasteiger partial charge in [-0.3, -0.25) is 4.79 Å². The minimum atomic E-state index is -2.50. The summed E-state index contributed by atoms with van der Waals surface area (Å²) in [5.41, 5.74) is -3.18. The summed E-state index contributed by atoms with van der Waals surface area (Å²) in [6, 6.07) is 6.58. The second-order valence-electron chi connectivity index (χ2n) is 5.09. The van der Waals surface area contributed by atoms with Crippen molar-refractivity contribution < 1.29 is 23.1 Å². The van der Waals surface area contributed by atoms with Gasteiger partial charge in [-0.15, -0.1) is 0 Å². The maximum atomic E-state index is 14.1. The molecule has 0 bridgehead atoms. The van der Waals surface area contributed by atoms with Crippen molar-refractivity contribution in [2.45, 2.75) is 12.3 Å². The largest absolute Gasteiger partial charge is 0.372 e. The van der Waals surface area contributed by atoms with Gasteiger partial charge in [-0.1, -0.05) is 0 Å². The first-order chi connectivity index (χ1) is 10.9. The standard InChI is InChI=1S/C16H9F3N2O2/c17-6-9-3-8(7-20)4-13-14(9)16(23,15(22)21-13)11-2-1-10(18)5-12(11)19/h1-5,23H,6H2,(H,21,22). The Bertz CT molecular complexity index is 876. The predicted molar refractivity (Wildman–Crippen MR) is 74.0 cm³/mol. The number of halogens is 3. The smallest absolute Gasteiger partial charge is 0.266 e. The maximum absolute atomic E-state index is 14.1. The Morgan fingerprint density at radius 2 is 2.00 bits per heavy atom. The molecule has 3 rings (SSSR count). The summed E-state index contributed by atoms with van der Waals surface area (Å²) in [5, 5.41) is 22.0. The van der Waals surface area contributed by atoms with E-state index < -0.39 is 35.4 Å². The number of fused-ring (bicyclic) bond motifs is 1. The lowest BCUT2D eigenvalue weighted by Gasteiger charge is -2.23. The van der Waals surface area contributed by atoms with Gasteiger partial charge in [0.2, 0.25) is 0 Å². The first kappa shape index (κ1) is 15.1. The fourth-order valence-electron chi connectivity index (χ4n) is 2.76. The van der Waals surface area contributed by atoms with Crippen LogP contribution in [0, 0.1) is 23.0 Å². The number of aliphatic hydroxyl groups is 1. The van der Waals surface area contributed by atoms with Crippen LogP contribution in [-0.2, 0) is 17.1 Å². The molecule has 0 aromatic heterocycles. The van der Waals surface area contributed by atoms with Crippen LogP contribution in [0.1, 0.15) is 22.3 Å². The van der Waals surface area contributed by atoms with Crippen LogP contribution in [0.3, 0.4) is 0 Å². The number of benzene rings is 2. The number of hydrogen-bond donors (Lipinski definition) is 2. The quantitative estimate of drug-likeness (QED) is 0.893. The van der Waals surface area contributed by atoms with E-state index in [0.717, 1.165) is 12.1 Å². The van der Waals surface area contributed by atoms with Gasteiger partial charge in [0.25, 0.3) is 5.91 Å². The third-order valence-corrected chi connectivity index (χ3v) is 3.75. The Morgan fingerprint density at radius 3 is 2.61 bits per heavy atom. The van der Waals surface area contributed by atoms with Crippen LogP contribution in [0.5, 0.6) is 0 Å². The number of alkyl halides is 1. The SMILES string of the molecule is N#Cc1cc(CF)c2c(c1)NC(=O)C2(O)c1ccc(F)cc1F. The van der Waals surface area contributed by atoms with Crippen LogP contribution >= 0.6 is 0 Å². The van der Waals surface area contributed by atoms with E-state index in [0.29, 0.717) is 6.07 Å². The van der Waals surface area contributed by atoms with Crippen LogP contribution in [0.15, 0.2) is 30.3 Å². The van der Waals surface area contributed by atoms with E-state index in [1.54, 1.807) is 0 Å². The van der Waals surface area contributed by atoms with Gasteiger partial charge in [0.15, 0.2) is 5.60 Å². The molecule has 1 aliphatic rings. The first-order valence-corrected chi connectivity index (χ1v) is 6.54. The molecule has 0 aliphatic carbocycles. The first-order valence-electron chi connectivity index (χ1n) is 6.54. The van der Waals surface area contributed by atoms with Crippen molar-refractivity contribution in [1.82, 2.24) is 0 Å². The van der Waals surface area contributed by atoms with Crippen molar-refractivity contribution in [3.8, 4) is 6.07 Å². The lowest BCUT2D eigenvalue weighted by molar-refractivity contribution is -0.130. The van der Waals surface area contributed by atoms with Crippen LogP contribution in [0.4, 0.5) is 18.9 Å². The minimum absolute atomic E-state index is 0.0212. The van der Waals surface area contributed by atoms with Gasteiger partial charge >= 0.3 is 0 Å². The molecular formula is C16H9F3N2O2. The van der Waals surface area contributed by atoms with Gasteiger partial charge in [0.05, 0.1) is 11.6 Å². The number of hydrogen-bond acceptors (Lipinski definition) is 3. The third kappa shape index (κ3) is 2.07. The average molecular weight is 318 g/mol. The highest BCUT2D eigenvalue weighted by Gasteiger charge is 2.50. The molecule has 4 nitrogen and oxygen atoms in total. The van der Waals surface area contributed by atoms with E-state index in [4.69, 9.17) is 5.26 Å². The lowest BCUT2D eigenvalue weighted by atomic mass is 9.84. The summed E-state index contributed by atoms with van der Waals surface area (Å²) in [4.78, 5) is 12.2. The Kier molecular flexibility index (Phi) is 3.34. The second-order valence-corrected chi connectivity index (χ2v) is 5.09. The number of carbonyl (C=O) groups excluding carboxylic acids is 1. The number of anilines is 1. The molecule has 1 unspecified atom stereocenters. The Labute approximate surface area is 128 Å². The van der Waals surface area contributed by atoms with Gasteiger partial charge in [0.1, 0.15) is 18.3 Å². The summed E-state index contributed by atoms with van der Waals surface area (Å²) in [5.74, 6) is -3.01. The molecule has 7 heteroatoms. The van der Waals surface area contributed by atoms with E-state index in [2.05, 4.69) is 5.32 Å². The van der Waals surface area contributed by atoms with Crippen molar-refractivity contribution in [2.75, 3.05) is 5.32 Å². The van der Waals surface area contributed by atoms with Gasteiger partial charge in [-0.25, -0.2) is 13.2 Å². The monoisotopic (exact) mass is 318 g/mol. The molecule has 1 atom stereocenters. The van der Waals surface area contributed by atoms with Crippen LogP contribution in [0.25, 0.3) is 0 Å². The van der Waals surface area contributed by atoms with Crippen molar-refractivity contribution in [3.63, 3.8) is 0 Å². The third-order valence-electron chi connectivity index (χ3n) is 3.75. The van der Waals surface area contributed by atoms with Crippen molar-refractivity contribution in [3.05, 3.63) is 64.2 Å². The topological polar surface area (TPSA) is 73.1 Å². The second kappa shape index (κ2) is 5.11. The molecule has 2 aromatic rings. The van der Waals surface area contributed by atoms with E-state index in [1.807, 2.05) is 6.07 Å². The molecule has 1 heterocycles. The Balaban J connectivity index is 2.31. The Hall–Kier alpha value is -2.85. The van der Waals surface area contributed by atoms with E-state index in [9.17, 15) is 23.1 Å². The zero-order chi connectivity index (χ0) is 16.8. The molecule has 1 aliphatic heterocycles. The van der Waals surface area contributed by atoms with E-state index in [-0.39, 0.29) is 22.4 Å². The predicted octanol–water partition coefficient (Wildman–Crippen LogP) is 2.49. The summed E-state index contributed by atoms with van der Waals surface area (Å²) in [6.45, 7) is -1.07. The molecule has 116 valence electrons. The molecule has 23 heavy (non-hydrogen) atoms. The summed E-state index contributed by atoms with van der Waals surface area (Å²) < 4.78 is 40.5. The van der Waals surface area contributed by atoms with Crippen molar-refractivity contribution >= 4 is 11.6 Å². The highest BCUT2D eigenvalue weighted by Crippen LogP contribution is 2.44. The molecule has 2 N–H and O–H groups in total. The lowest BCUT2D eigenvalue weighted by Crippen LogP contribution is -2.37. The van der Waals surface area contributed by atoms with Gasteiger partial charge in [-0.05, 0) is 29.8 Å². The number of nitrogens with zero attached hydrogens (tertiary/aromatic N) is 1. The number of rotatable bonds is 2. The highest BCUT2D eigenvalue weighted by molar-refractivity contribution is 6.08. The van der Waals surface area contributed by atoms with E-state index in [1.165, 1.54) is 12.1 Å². The number of nitriles is 1. The van der Waals surface area contributed by atoms with Gasteiger partial charge in [-0.2, -0.15) is 5.26 Å². The Morgan fingerprint density at radius 1 is 1.26 bits per heavy atom. The molecule has 0 saturated carbocycles. The molecule has 0 fully saturated rings. The molecule has 0 radical (unpaired) electrons. The molecular weight excluding hydrogens is 309 g/mol. The van der Waals surface area contributed by atoms with Gasteiger partial charge in [0, 0.05) is 22.9 Å². The van der Waals surface area contributed by atoms with Crippen LogP contribution in [-0.4, -0.2) is 11.0 Å². The van der Waals surface area contributed by atoms with Crippen LogP contribution < -0.4 is 5.32 Å². The number of carbonyl (C=O) groups is 1. The summed E-state index contributed by atoms with van der Waals surface area (Å²) >= 11 is 0. The highest BCUT2D eigenvalue weighted by atomic mass is 19.1. The molecule has 0 saturated heterocycles. The molecule has 0 spiro atoms. The molecule has 1 amide bonds. The minimum Gasteiger partial charge on any atom is -0.372 e. The normalized spacial score (nSPS) is 19.2. The fourth-order valence-corrected chi connectivity index (χ4v) is 2.76. The van der Waals surface area contributed by atoms with E-state index >= 15 is 0 Å². The average Bonchev–Trinajstić information content (AvgIpc) is 2.78. The number of amides is 1. The number of nitrogens with one attached hydrogen (secondary N) is 1. The van der Waals surface area contributed by atoms with Crippen molar-refractivity contribution in [2.24, 2.45) is 0 Å². The summed E-state index contributed by atoms with van der Waals surface area (Å²) in [7, 11) is 0. The summed E-state index contributed by atoms with van der Waals surface area (Å²) in [6.07, 6.45) is 0. The zero-order valence-electron chi connectivity index (χ0n) is 11.5. The van der Waals surface area contributed by atoms with Crippen LogP contribution in [0.2, 0.25) is 0 Å².